The van der Waals surface area contributed by atoms with E-state index in [1.807, 2.05) is 12.1 Å². The van der Waals surface area contributed by atoms with Crippen molar-refractivity contribution in [3.63, 3.8) is 0 Å². The Morgan fingerprint density at radius 3 is 2.65 bits per heavy atom. The Hall–Kier alpha value is -1.72. The SMILES string of the molecule is Nc1ccc(F)cc1NC(=O)CSc1ccc(Cl)cc1. The maximum absolute atomic E-state index is 13.1. The third kappa shape index (κ3) is 4.15. The summed E-state index contributed by atoms with van der Waals surface area (Å²) in [4.78, 5) is 12.7. The largest absolute Gasteiger partial charge is 0.397 e. The average Bonchev–Trinajstić information content (AvgIpc) is 2.42. The summed E-state index contributed by atoms with van der Waals surface area (Å²) in [5, 5.41) is 3.23. The second-order valence-electron chi connectivity index (χ2n) is 4.02. The van der Waals surface area contributed by atoms with Crippen LogP contribution in [0.3, 0.4) is 0 Å². The molecule has 3 nitrogen and oxygen atoms in total. The molecular weight excluding hydrogens is 299 g/mol. The van der Waals surface area contributed by atoms with Gasteiger partial charge in [0.1, 0.15) is 5.82 Å². The Bertz CT molecular complexity index is 619. The summed E-state index contributed by atoms with van der Waals surface area (Å²) in [6.45, 7) is 0. The first-order chi connectivity index (χ1) is 9.54. The van der Waals surface area contributed by atoms with Gasteiger partial charge in [0.25, 0.3) is 0 Å². The van der Waals surface area contributed by atoms with Gasteiger partial charge in [-0.3, -0.25) is 4.79 Å². The molecule has 2 aromatic carbocycles. The lowest BCUT2D eigenvalue weighted by atomic mass is 10.2. The van der Waals surface area contributed by atoms with Crippen molar-refractivity contribution >= 4 is 40.6 Å². The van der Waals surface area contributed by atoms with Crippen molar-refractivity contribution in [1.82, 2.24) is 0 Å². The summed E-state index contributed by atoms with van der Waals surface area (Å²) in [5.74, 6) is -0.487. The molecule has 104 valence electrons. The zero-order valence-electron chi connectivity index (χ0n) is 10.4. The van der Waals surface area contributed by atoms with Crippen LogP contribution < -0.4 is 11.1 Å². The molecule has 0 fully saturated rings. The third-order valence-electron chi connectivity index (χ3n) is 2.47. The minimum Gasteiger partial charge on any atom is -0.397 e. The fourth-order valence-electron chi connectivity index (χ4n) is 1.50. The van der Waals surface area contributed by atoms with Crippen LogP contribution in [0.4, 0.5) is 15.8 Å². The quantitative estimate of drug-likeness (QED) is 0.667. The molecule has 0 aliphatic rings. The smallest absolute Gasteiger partial charge is 0.234 e. The van der Waals surface area contributed by atoms with Crippen molar-refractivity contribution in [2.45, 2.75) is 4.90 Å². The molecule has 0 heterocycles. The number of anilines is 2. The van der Waals surface area contributed by atoms with E-state index < -0.39 is 5.82 Å². The summed E-state index contributed by atoms with van der Waals surface area (Å²) in [5.41, 5.74) is 6.27. The number of nitrogens with two attached hydrogens (primary N) is 1. The van der Waals surface area contributed by atoms with Gasteiger partial charge in [-0.05, 0) is 42.5 Å². The summed E-state index contributed by atoms with van der Waals surface area (Å²) in [6.07, 6.45) is 0. The highest BCUT2D eigenvalue weighted by Crippen LogP contribution is 2.22. The number of hydrogen-bond donors (Lipinski definition) is 2. The number of halogens is 2. The molecule has 0 saturated heterocycles. The topological polar surface area (TPSA) is 55.1 Å². The van der Waals surface area contributed by atoms with Crippen LogP contribution in [-0.2, 0) is 4.79 Å². The molecule has 2 aromatic rings. The van der Waals surface area contributed by atoms with Crippen molar-refractivity contribution in [3.05, 3.63) is 53.3 Å². The van der Waals surface area contributed by atoms with Crippen LogP contribution in [0.25, 0.3) is 0 Å². The maximum atomic E-state index is 13.1. The molecule has 2 rings (SSSR count). The highest BCUT2D eigenvalue weighted by atomic mass is 35.5. The number of amides is 1. The van der Waals surface area contributed by atoms with E-state index in [1.165, 1.54) is 30.0 Å². The van der Waals surface area contributed by atoms with Crippen LogP contribution in [0.5, 0.6) is 0 Å². The van der Waals surface area contributed by atoms with E-state index in [9.17, 15) is 9.18 Å². The fraction of sp³-hybridized carbons (Fsp3) is 0.0714. The Labute approximate surface area is 125 Å². The monoisotopic (exact) mass is 310 g/mol. The van der Waals surface area contributed by atoms with E-state index in [0.29, 0.717) is 10.7 Å². The molecule has 3 N–H and O–H groups in total. The molecule has 0 saturated carbocycles. The van der Waals surface area contributed by atoms with Crippen LogP contribution in [-0.4, -0.2) is 11.7 Å². The molecule has 0 unspecified atom stereocenters. The molecule has 1 amide bonds. The number of hydrogen-bond acceptors (Lipinski definition) is 3. The number of benzene rings is 2. The predicted molar refractivity (Wildman–Crippen MR) is 81.6 cm³/mol. The predicted octanol–water partition coefficient (Wildman–Crippen LogP) is 3.79. The van der Waals surface area contributed by atoms with Gasteiger partial charge in [-0.2, -0.15) is 0 Å². The van der Waals surface area contributed by atoms with Gasteiger partial charge in [-0.1, -0.05) is 11.6 Å². The summed E-state index contributed by atoms with van der Waals surface area (Å²) >= 11 is 7.14. The highest BCUT2D eigenvalue weighted by Gasteiger charge is 2.07. The first kappa shape index (κ1) is 14.7. The van der Waals surface area contributed by atoms with E-state index in [0.717, 1.165) is 4.90 Å². The van der Waals surface area contributed by atoms with Crippen molar-refractivity contribution < 1.29 is 9.18 Å². The Kier molecular flexibility index (Phi) is 4.87. The lowest BCUT2D eigenvalue weighted by Gasteiger charge is -2.08. The van der Waals surface area contributed by atoms with Crippen molar-refractivity contribution in [3.8, 4) is 0 Å². The molecule has 20 heavy (non-hydrogen) atoms. The van der Waals surface area contributed by atoms with Gasteiger partial charge in [-0.25, -0.2) is 4.39 Å². The van der Waals surface area contributed by atoms with Crippen LogP contribution in [0, 0.1) is 5.82 Å². The molecule has 0 aliphatic heterocycles. The molecule has 0 aromatic heterocycles. The average molecular weight is 311 g/mol. The van der Waals surface area contributed by atoms with Crippen molar-refractivity contribution in [1.29, 1.82) is 0 Å². The van der Waals surface area contributed by atoms with Crippen LogP contribution in [0.1, 0.15) is 0 Å². The maximum Gasteiger partial charge on any atom is 0.234 e. The highest BCUT2D eigenvalue weighted by molar-refractivity contribution is 8.00. The van der Waals surface area contributed by atoms with Crippen LogP contribution in [0.15, 0.2) is 47.4 Å². The molecule has 0 bridgehead atoms. The Morgan fingerprint density at radius 2 is 1.95 bits per heavy atom. The normalized spacial score (nSPS) is 10.3. The molecule has 0 aliphatic carbocycles. The van der Waals surface area contributed by atoms with E-state index in [2.05, 4.69) is 5.32 Å². The zero-order valence-corrected chi connectivity index (χ0v) is 12.0. The first-order valence-corrected chi connectivity index (χ1v) is 7.14. The van der Waals surface area contributed by atoms with E-state index in [1.54, 1.807) is 12.1 Å². The Morgan fingerprint density at radius 1 is 1.25 bits per heavy atom. The van der Waals surface area contributed by atoms with E-state index in [4.69, 9.17) is 17.3 Å². The third-order valence-corrected chi connectivity index (χ3v) is 3.74. The lowest BCUT2D eigenvalue weighted by molar-refractivity contribution is -0.113. The molecular formula is C14H12ClFN2OS. The molecule has 0 atom stereocenters. The van der Waals surface area contributed by atoms with Gasteiger partial charge in [-0.15, -0.1) is 11.8 Å². The van der Waals surface area contributed by atoms with Crippen molar-refractivity contribution in [2.75, 3.05) is 16.8 Å². The zero-order chi connectivity index (χ0) is 14.5. The lowest BCUT2D eigenvalue weighted by Crippen LogP contribution is -2.15. The first-order valence-electron chi connectivity index (χ1n) is 5.78. The van der Waals surface area contributed by atoms with Crippen molar-refractivity contribution in [2.24, 2.45) is 0 Å². The number of nitrogen functional groups attached to an aromatic ring is 1. The van der Waals surface area contributed by atoms with Gasteiger partial charge in [0, 0.05) is 9.92 Å². The summed E-state index contributed by atoms with van der Waals surface area (Å²) in [6, 6.07) is 11.0. The summed E-state index contributed by atoms with van der Waals surface area (Å²) < 4.78 is 13.1. The summed E-state index contributed by atoms with van der Waals surface area (Å²) in [7, 11) is 0. The standard InChI is InChI=1S/C14H12ClFN2OS/c15-9-1-4-11(5-2-9)20-8-14(19)18-13-7-10(16)3-6-12(13)17/h1-7H,8,17H2,(H,18,19). The molecule has 0 radical (unpaired) electrons. The molecule has 0 spiro atoms. The minimum atomic E-state index is -0.445. The second kappa shape index (κ2) is 6.63. The number of nitrogens with one attached hydrogen (secondary N) is 1. The van der Waals surface area contributed by atoms with Gasteiger partial charge in [0.2, 0.25) is 5.91 Å². The second-order valence-corrected chi connectivity index (χ2v) is 5.51. The van der Waals surface area contributed by atoms with Gasteiger partial charge >= 0.3 is 0 Å². The molecule has 6 heteroatoms. The van der Waals surface area contributed by atoms with Gasteiger partial charge in [0.05, 0.1) is 17.1 Å². The van der Waals surface area contributed by atoms with Gasteiger partial charge in [0.15, 0.2) is 0 Å². The fourth-order valence-corrected chi connectivity index (χ4v) is 2.33. The Balaban J connectivity index is 1.92. The van der Waals surface area contributed by atoms with E-state index in [-0.39, 0.29) is 17.3 Å². The van der Waals surface area contributed by atoms with E-state index >= 15 is 0 Å². The number of thioether (sulfide) groups is 1. The number of rotatable bonds is 4. The number of carbonyl (C=O) groups is 1. The van der Waals surface area contributed by atoms with Crippen LogP contribution >= 0.6 is 23.4 Å². The minimum absolute atomic E-state index is 0.206. The van der Waals surface area contributed by atoms with Crippen LogP contribution in [0.2, 0.25) is 5.02 Å². The van der Waals surface area contributed by atoms with Gasteiger partial charge < -0.3 is 11.1 Å². The number of carbonyl (C=O) groups excluding carboxylic acids is 1.